The molecule has 200 valence electrons. The summed E-state index contributed by atoms with van der Waals surface area (Å²) in [5, 5.41) is 4.69. The molecule has 0 saturated carbocycles. The molecule has 0 radical (unpaired) electrons. The number of hydrogen-bond donors (Lipinski definition) is 1. The van der Waals surface area contributed by atoms with Gasteiger partial charge in [0.25, 0.3) is 5.91 Å². The Morgan fingerprint density at radius 2 is 1.63 bits per heavy atom. The van der Waals surface area contributed by atoms with Gasteiger partial charge >= 0.3 is 0 Å². The van der Waals surface area contributed by atoms with Crippen LogP contribution >= 0.6 is 23.2 Å². The van der Waals surface area contributed by atoms with Crippen molar-refractivity contribution in [3.8, 4) is 0 Å². The van der Waals surface area contributed by atoms with Crippen LogP contribution in [0.25, 0.3) is 0 Å². The minimum absolute atomic E-state index is 0.0129. The van der Waals surface area contributed by atoms with Gasteiger partial charge in [-0.05, 0) is 86.8 Å². The van der Waals surface area contributed by atoms with Gasteiger partial charge in [-0.25, -0.2) is 0 Å². The van der Waals surface area contributed by atoms with Crippen molar-refractivity contribution in [2.24, 2.45) is 0 Å². The largest absolute Gasteiger partial charge is 0.382 e. The van der Waals surface area contributed by atoms with Gasteiger partial charge in [0.05, 0.1) is 10.0 Å². The number of Topliss-reactive ketones (excluding diaryl/α,β-unsaturated/α-hetero) is 1. The summed E-state index contributed by atoms with van der Waals surface area (Å²) < 4.78 is 0. The zero-order valence-corrected chi connectivity index (χ0v) is 23.5. The normalized spacial score (nSPS) is 15.2. The molecule has 0 aliphatic carbocycles. The topological polar surface area (TPSA) is 52.7 Å². The van der Waals surface area contributed by atoms with E-state index in [2.05, 4.69) is 10.2 Å². The molecule has 1 amide bonds. The van der Waals surface area contributed by atoms with Crippen molar-refractivity contribution in [2.75, 3.05) is 38.5 Å². The summed E-state index contributed by atoms with van der Waals surface area (Å²) in [5.74, 6) is 0.233. The molecular weight excluding hydrogens is 517 g/mol. The van der Waals surface area contributed by atoms with E-state index in [-0.39, 0.29) is 17.6 Å². The van der Waals surface area contributed by atoms with Crippen LogP contribution in [0.3, 0.4) is 0 Å². The molecule has 3 aromatic rings. The van der Waals surface area contributed by atoms with Crippen LogP contribution in [0.1, 0.15) is 58.4 Å². The molecule has 1 aliphatic rings. The number of carbonyl (C=O) groups excluding carboxylic acids is 2. The van der Waals surface area contributed by atoms with Crippen molar-refractivity contribution < 1.29 is 9.59 Å². The molecule has 0 aromatic heterocycles. The maximum atomic E-state index is 13.0. The summed E-state index contributed by atoms with van der Waals surface area (Å²) in [7, 11) is 1.86. The number of likely N-dealkylation sites (tertiary alicyclic amines) is 1. The van der Waals surface area contributed by atoms with Crippen molar-refractivity contribution in [1.82, 2.24) is 9.80 Å². The summed E-state index contributed by atoms with van der Waals surface area (Å²) in [6.45, 7) is 5.15. The first-order valence-electron chi connectivity index (χ1n) is 13.2. The molecule has 38 heavy (non-hydrogen) atoms. The number of amides is 1. The molecular formula is C31H35Cl2N3O2. The standard InChI is InChI=1S/C31H35Cl2N3O2/c1-22(37)23-8-11-27(12-9-23)34-28-15-18-36(19-16-28)17-14-26(25-10-13-29(32)30(33)20-25)21-35(2)31(38)24-6-4-3-5-7-24/h3-13,20,26,28,34H,14-19,21H2,1-2H3. The minimum atomic E-state index is 0.0129. The second-order valence-corrected chi connectivity index (χ2v) is 10.9. The summed E-state index contributed by atoms with van der Waals surface area (Å²) in [4.78, 5) is 28.8. The van der Waals surface area contributed by atoms with Gasteiger partial charge in [0.1, 0.15) is 0 Å². The molecule has 4 rings (SSSR count). The fraction of sp³-hybridized carbons (Fsp3) is 0.355. The number of benzene rings is 3. The van der Waals surface area contributed by atoms with Gasteiger partial charge in [0, 0.05) is 55.5 Å². The maximum absolute atomic E-state index is 13.0. The van der Waals surface area contributed by atoms with Crippen LogP contribution in [0, 0.1) is 0 Å². The van der Waals surface area contributed by atoms with E-state index >= 15 is 0 Å². The van der Waals surface area contributed by atoms with Crippen molar-refractivity contribution >= 4 is 40.6 Å². The Bertz CT molecular complexity index is 1230. The number of nitrogens with one attached hydrogen (secondary N) is 1. The number of ketones is 1. The summed E-state index contributed by atoms with van der Waals surface area (Å²) >= 11 is 12.5. The lowest BCUT2D eigenvalue weighted by Crippen LogP contribution is -2.40. The molecule has 1 fully saturated rings. The molecule has 7 heteroatoms. The van der Waals surface area contributed by atoms with Crippen LogP contribution in [0.5, 0.6) is 0 Å². The van der Waals surface area contributed by atoms with Gasteiger partial charge in [0.2, 0.25) is 0 Å². The van der Waals surface area contributed by atoms with Gasteiger partial charge in [-0.2, -0.15) is 0 Å². The highest BCUT2D eigenvalue weighted by Crippen LogP contribution is 2.29. The van der Waals surface area contributed by atoms with Crippen molar-refractivity contribution in [1.29, 1.82) is 0 Å². The van der Waals surface area contributed by atoms with E-state index in [1.54, 1.807) is 11.8 Å². The molecule has 1 unspecified atom stereocenters. The average molecular weight is 553 g/mol. The number of likely N-dealkylation sites (N-methyl/N-ethyl adjacent to an activating group) is 1. The fourth-order valence-electron chi connectivity index (χ4n) is 5.02. The van der Waals surface area contributed by atoms with Crippen LogP contribution in [0.4, 0.5) is 5.69 Å². The van der Waals surface area contributed by atoms with Crippen LogP contribution in [0.15, 0.2) is 72.8 Å². The molecule has 1 atom stereocenters. The predicted molar refractivity (Wildman–Crippen MR) is 157 cm³/mol. The number of anilines is 1. The number of carbonyl (C=O) groups is 2. The summed E-state index contributed by atoms with van der Waals surface area (Å²) in [6.07, 6.45) is 3.02. The maximum Gasteiger partial charge on any atom is 0.253 e. The van der Waals surface area contributed by atoms with Gasteiger partial charge in [0.15, 0.2) is 5.78 Å². The Morgan fingerprint density at radius 3 is 2.26 bits per heavy atom. The Morgan fingerprint density at radius 1 is 0.947 bits per heavy atom. The summed E-state index contributed by atoms with van der Waals surface area (Å²) in [5.41, 5.74) is 3.57. The molecule has 0 bridgehead atoms. The summed E-state index contributed by atoms with van der Waals surface area (Å²) in [6, 6.07) is 23.3. The molecule has 1 N–H and O–H groups in total. The van der Waals surface area contributed by atoms with Crippen LogP contribution in [0.2, 0.25) is 10.0 Å². The molecule has 1 aliphatic heterocycles. The lowest BCUT2D eigenvalue weighted by Gasteiger charge is -2.34. The third kappa shape index (κ3) is 7.59. The van der Waals surface area contributed by atoms with E-state index < -0.39 is 0 Å². The van der Waals surface area contributed by atoms with Crippen LogP contribution in [-0.4, -0.2) is 60.8 Å². The van der Waals surface area contributed by atoms with Crippen LogP contribution < -0.4 is 5.32 Å². The van der Waals surface area contributed by atoms with Crippen molar-refractivity contribution in [3.63, 3.8) is 0 Å². The molecule has 3 aromatic carbocycles. The Labute approximate surface area is 235 Å². The fourth-order valence-corrected chi connectivity index (χ4v) is 5.33. The van der Waals surface area contributed by atoms with E-state index in [1.807, 2.05) is 79.8 Å². The molecule has 0 spiro atoms. The van der Waals surface area contributed by atoms with E-state index in [4.69, 9.17) is 23.2 Å². The first kappa shape index (κ1) is 28.2. The second kappa shape index (κ2) is 13.3. The van der Waals surface area contributed by atoms with E-state index in [9.17, 15) is 9.59 Å². The highest BCUT2D eigenvalue weighted by molar-refractivity contribution is 6.42. The highest BCUT2D eigenvalue weighted by Gasteiger charge is 2.23. The van der Waals surface area contributed by atoms with E-state index in [0.29, 0.717) is 28.2 Å². The van der Waals surface area contributed by atoms with E-state index in [0.717, 1.165) is 55.7 Å². The number of halogens is 2. The first-order valence-corrected chi connectivity index (χ1v) is 13.9. The Hall–Kier alpha value is -2.86. The van der Waals surface area contributed by atoms with Crippen molar-refractivity contribution in [2.45, 2.75) is 38.1 Å². The third-order valence-electron chi connectivity index (χ3n) is 7.32. The number of piperidine rings is 1. The SMILES string of the molecule is CC(=O)c1ccc(NC2CCN(CCC(CN(C)C(=O)c3ccccc3)c3ccc(Cl)c(Cl)c3)CC2)cc1. The number of rotatable bonds is 10. The lowest BCUT2D eigenvalue weighted by atomic mass is 9.94. The molecule has 1 saturated heterocycles. The smallest absolute Gasteiger partial charge is 0.253 e. The minimum Gasteiger partial charge on any atom is -0.382 e. The highest BCUT2D eigenvalue weighted by atomic mass is 35.5. The predicted octanol–water partition coefficient (Wildman–Crippen LogP) is 7.02. The second-order valence-electron chi connectivity index (χ2n) is 10.1. The Balaban J connectivity index is 1.34. The van der Waals surface area contributed by atoms with Gasteiger partial charge < -0.3 is 15.1 Å². The van der Waals surface area contributed by atoms with Gasteiger partial charge in [-0.1, -0.05) is 47.5 Å². The third-order valence-corrected chi connectivity index (χ3v) is 8.06. The van der Waals surface area contributed by atoms with Crippen LogP contribution in [-0.2, 0) is 0 Å². The lowest BCUT2D eigenvalue weighted by molar-refractivity contribution is 0.0781. The van der Waals surface area contributed by atoms with Gasteiger partial charge in [-0.3, -0.25) is 9.59 Å². The number of hydrogen-bond acceptors (Lipinski definition) is 4. The first-order chi connectivity index (χ1) is 18.3. The molecule has 5 nitrogen and oxygen atoms in total. The van der Waals surface area contributed by atoms with E-state index in [1.165, 1.54) is 0 Å². The zero-order chi connectivity index (χ0) is 27.1. The quantitative estimate of drug-likeness (QED) is 0.275. The zero-order valence-electron chi connectivity index (χ0n) is 22.0. The Kier molecular flexibility index (Phi) is 9.84. The molecule has 1 heterocycles. The van der Waals surface area contributed by atoms with Crippen molar-refractivity contribution in [3.05, 3.63) is 99.5 Å². The van der Waals surface area contributed by atoms with Gasteiger partial charge in [-0.15, -0.1) is 0 Å². The number of nitrogens with zero attached hydrogens (tertiary/aromatic N) is 2. The average Bonchev–Trinajstić information content (AvgIpc) is 2.93. The monoisotopic (exact) mass is 551 g/mol.